The Balaban J connectivity index is 1.42. The van der Waals surface area contributed by atoms with Crippen LogP contribution in [0.1, 0.15) is 45.6 Å². The number of hydrogen-bond acceptors (Lipinski definition) is 7. The molecule has 0 saturated heterocycles. The molecule has 0 saturated carbocycles. The summed E-state index contributed by atoms with van der Waals surface area (Å²) in [5, 5.41) is 11.7. The van der Waals surface area contributed by atoms with Crippen molar-refractivity contribution < 1.29 is 27.5 Å². The number of carbonyl (C=O) groups excluding carboxylic acids is 2. The summed E-state index contributed by atoms with van der Waals surface area (Å²) in [5.74, 6) is -0.587. The number of fused-ring (bicyclic) bond motifs is 1. The van der Waals surface area contributed by atoms with Gasteiger partial charge in [-0.2, -0.15) is 23.3 Å². The Kier molecular flexibility index (Phi) is 7.23. The van der Waals surface area contributed by atoms with Crippen LogP contribution in [0, 0.1) is 0 Å². The molecule has 4 heterocycles. The third-order valence-corrected chi connectivity index (χ3v) is 5.49. The number of rotatable bonds is 7. The minimum Gasteiger partial charge on any atom is -0.459 e. The molecule has 1 aliphatic heterocycles. The van der Waals surface area contributed by atoms with Gasteiger partial charge in [0.2, 0.25) is 11.9 Å². The number of nitrogens with one attached hydrogen (secondary N) is 1. The van der Waals surface area contributed by atoms with Crippen LogP contribution in [0.2, 0.25) is 0 Å². The lowest BCUT2D eigenvalue weighted by atomic mass is 10.00. The Morgan fingerprint density at radius 2 is 2.00 bits per heavy atom. The van der Waals surface area contributed by atoms with Gasteiger partial charge in [-0.25, -0.2) is 4.52 Å². The van der Waals surface area contributed by atoms with Crippen molar-refractivity contribution in [1.82, 2.24) is 29.3 Å². The third kappa shape index (κ3) is 7.08. The van der Waals surface area contributed by atoms with Crippen molar-refractivity contribution in [3.63, 3.8) is 0 Å². The molecule has 13 heteroatoms. The van der Waals surface area contributed by atoms with Crippen molar-refractivity contribution in [2.75, 3.05) is 18.4 Å². The van der Waals surface area contributed by atoms with Gasteiger partial charge in [0.25, 0.3) is 0 Å². The fraction of sp³-hybridized carbons (Fsp3) is 0.458. The highest BCUT2D eigenvalue weighted by molar-refractivity contribution is 5.81. The van der Waals surface area contributed by atoms with Gasteiger partial charge < -0.3 is 15.0 Å². The lowest BCUT2D eigenvalue weighted by molar-refractivity contribution is -0.155. The van der Waals surface area contributed by atoms with Crippen LogP contribution < -0.4 is 5.32 Å². The Labute approximate surface area is 211 Å². The second-order valence-electron chi connectivity index (χ2n) is 9.70. The van der Waals surface area contributed by atoms with E-state index >= 15 is 0 Å². The van der Waals surface area contributed by atoms with Gasteiger partial charge in [-0.3, -0.25) is 14.3 Å². The van der Waals surface area contributed by atoms with Gasteiger partial charge in [0.1, 0.15) is 12.1 Å². The first-order valence-corrected chi connectivity index (χ1v) is 11.8. The number of esters is 1. The summed E-state index contributed by atoms with van der Waals surface area (Å²) in [5.41, 5.74) is 2.36. The van der Waals surface area contributed by atoms with Crippen molar-refractivity contribution in [3.8, 4) is 0 Å². The van der Waals surface area contributed by atoms with Gasteiger partial charge in [0, 0.05) is 37.5 Å². The number of halogens is 3. The predicted molar refractivity (Wildman–Crippen MR) is 129 cm³/mol. The highest BCUT2D eigenvalue weighted by Crippen LogP contribution is 2.28. The first-order valence-electron chi connectivity index (χ1n) is 11.8. The van der Waals surface area contributed by atoms with E-state index in [0.717, 1.165) is 11.1 Å². The van der Waals surface area contributed by atoms with Crippen LogP contribution in [0.5, 0.6) is 0 Å². The molecule has 198 valence electrons. The van der Waals surface area contributed by atoms with Crippen LogP contribution in [-0.2, 0) is 20.9 Å². The van der Waals surface area contributed by atoms with Gasteiger partial charge in [-0.15, -0.1) is 5.10 Å². The van der Waals surface area contributed by atoms with Crippen molar-refractivity contribution >= 4 is 34.7 Å². The molecule has 0 bridgehead atoms. The molecule has 0 spiro atoms. The number of alkyl halides is 3. The maximum Gasteiger partial charge on any atom is 0.389 e. The third-order valence-electron chi connectivity index (χ3n) is 5.49. The zero-order chi connectivity index (χ0) is 26.8. The van der Waals surface area contributed by atoms with Gasteiger partial charge in [0.05, 0.1) is 18.3 Å². The van der Waals surface area contributed by atoms with Crippen LogP contribution in [0.3, 0.4) is 0 Å². The van der Waals surface area contributed by atoms with Crippen LogP contribution in [0.4, 0.5) is 24.8 Å². The highest BCUT2D eigenvalue weighted by atomic mass is 19.4. The monoisotopic (exact) mass is 519 g/mol. The minimum absolute atomic E-state index is 0.0361. The Hall–Kier alpha value is -3.90. The number of amides is 1. The molecule has 4 rings (SSSR count). The lowest BCUT2D eigenvalue weighted by Crippen LogP contribution is -2.35. The van der Waals surface area contributed by atoms with E-state index in [-0.39, 0.29) is 13.1 Å². The molecular weight excluding hydrogens is 491 g/mol. The smallest absolute Gasteiger partial charge is 0.389 e. The molecule has 0 aromatic carbocycles. The Morgan fingerprint density at radius 3 is 2.68 bits per heavy atom. The molecule has 37 heavy (non-hydrogen) atoms. The summed E-state index contributed by atoms with van der Waals surface area (Å²) in [6.07, 6.45) is 1.26. The molecule has 3 aromatic rings. The quantitative estimate of drug-likeness (QED) is 0.471. The van der Waals surface area contributed by atoms with Crippen LogP contribution in [0.25, 0.3) is 11.2 Å². The van der Waals surface area contributed by atoms with E-state index in [2.05, 4.69) is 20.5 Å². The molecular formula is C24H28F3N7O3. The number of carbonyl (C=O) groups is 2. The maximum absolute atomic E-state index is 12.4. The highest BCUT2D eigenvalue weighted by Gasteiger charge is 2.29. The van der Waals surface area contributed by atoms with Crippen molar-refractivity contribution in [3.05, 3.63) is 42.4 Å². The topological polar surface area (TPSA) is 107 Å². The number of anilines is 2. The van der Waals surface area contributed by atoms with Crippen molar-refractivity contribution in [1.29, 1.82) is 0 Å². The van der Waals surface area contributed by atoms with Crippen LogP contribution >= 0.6 is 0 Å². The molecule has 1 aliphatic rings. The van der Waals surface area contributed by atoms with Crippen molar-refractivity contribution in [2.24, 2.45) is 0 Å². The number of hydrogen-bond donors (Lipinski definition) is 1. The van der Waals surface area contributed by atoms with Gasteiger partial charge in [0.15, 0.2) is 5.65 Å². The van der Waals surface area contributed by atoms with Crippen LogP contribution in [0.15, 0.2) is 36.8 Å². The van der Waals surface area contributed by atoms with E-state index in [1.165, 1.54) is 9.58 Å². The lowest BCUT2D eigenvalue weighted by Gasteiger charge is -2.27. The molecule has 0 aliphatic carbocycles. The summed E-state index contributed by atoms with van der Waals surface area (Å²) in [4.78, 5) is 30.2. The fourth-order valence-electron chi connectivity index (χ4n) is 3.91. The first kappa shape index (κ1) is 26.2. The average Bonchev–Trinajstić information content (AvgIpc) is 3.41. The summed E-state index contributed by atoms with van der Waals surface area (Å²) >= 11 is 0. The summed E-state index contributed by atoms with van der Waals surface area (Å²) in [6.45, 7) is 5.92. The van der Waals surface area contributed by atoms with E-state index in [4.69, 9.17) is 4.74 Å². The number of nitrogens with zero attached hydrogens (tertiary/aromatic N) is 6. The van der Waals surface area contributed by atoms with E-state index < -0.39 is 36.5 Å². The predicted octanol–water partition coefficient (Wildman–Crippen LogP) is 3.97. The van der Waals surface area contributed by atoms with Crippen molar-refractivity contribution in [2.45, 2.75) is 58.4 Å². The first-order chi connectivity index (χ1) is 17.4. The molecule has 3 aromatic heterocycles. The second-order valence-corrected chi connectivity index (χ2v) is 9.70. The Bertz CT molecular complexity index is 1320. The molecule has 10 nitrogen and oxygen atoms in total. The standard InChI is InChI=1S/C24H28F3N7O3/c1-23(2,3)37-20(36)15-33-14-17(13-28-33)29-22-30-21-18(5-4-10-34(21)31-22)16-7-11-32(12-8-16)19(35)6-9-24(25,26)27/h4-5,7,10,13-14H,6,8-9,11-12,15H2,1-3H3,(H,29,31). The summed E-state index contributed by atoms with van der Waals surface area (Å²) in [7, 11) is 0. The minimum atomic E-state index is -4.35. The molecule has 0 radical (unpaired) electrons. The normalized spacial score (nSPS) is 14.5. The average molecular weight is 520 g/mol. The molecule has 0 unspecified atom stereocenters. The molecule has 1 N–H and O–H groups in total. The van der Waals surface area contributed by atoms with E-state index in [9.17, 15) is 22.8 Å². The van der Waals surface area contributed by atoms with E-state index in [1.54, 1.807) is 43.9 Å². The SMILES string of the molecule is CC(C)(C)OC(=O)Cn1cc(Nc2nc3c(C4=CCN(C(=O)CCC(F)(F)F)CC4)cccn3n2)cn1. The summed E-state index contributed by atoms with van der Waals surface area (Å²) in [6, 6.07) is 3.71. The maximum atomic E-state index is 12.4. The molecule has 0 atom stereocenters. The molecule has 0 fully saturated rings. The molecule has 1 amide bonds. The van der Waals surface area contributed by atoms with Crippen LogP contribution in [-0.4, -0.2) is 66.0 Å². The largest absolute Gasteiger partial charge is 0.459 e. The Morgan fingerprint density at radius 1 is 1.22 bits per heavy atom. The zero-order valence-corrected chi connectivity index (χ0v) is 20.7. The number of pyridine rings is 1. The van der Waals surface area contributed by atoms with Gasteiger partial charge in [-0.1, -0.05) is 6.08 Å². The second kappa shape index (κ2) is 10.2. The zero-order valence-electron chi connectivity index (χ0n) is 20.7. The van der Waals surface area contributed by atoms with Gasteiger partial charge >= 0.3 is 12.1 Å². The van der Waals surface area contributed by atoms with E-state index in [0.29, 0.717) is 30.2 Å². The summed E-state index contributed by atoms with van der Waals surface area (Å²) < 4.78 is 45.7. The number of ether oxygens (including phenoxy) is 1. The fourth-order valence-corrected chi connectivity index (χ4v) is 3.91. The number of aromatic nitrogens is 5. The van der Waals surface area contributed by atoms with Gasteiger partial charge in [-0.05, 0) is 44.9 Å². The van der Waals surface area contributed by atoms with E-state index in [1.807, 2.05) is 18.2 Å².